The van der Waals surface area contributed by atoms with Gasteiger partial charge in [0.05, 0.1) is 23.9 Å². The van der Waals surface area contributed by atoms with Crippen molar-refractivity contribution in [2.45, 2.75) is 32.7 Å². The summed E-state index contributed by atoms with van der Waals surface area (Å²) in [6, 6.07) is 23.6. The van der Waals surface area contributed by atoms with E-state index >= 15 is 0 Å². The van der Waals surface area contributed by atoms with Crippen molar-refractivity contribution in [3.63, 3.8) is 0 Å². The molecule has 1 heterocycles. The Morgan fingerprint density at radius 2 is 1.84 bits per heavy atom. The molecule has 0 atom stereocenters. The highest BCUT2D eigenvalue weighted by Gasteiger charge is 2.13. The smallest absolute Gasteiger partial charge is 0.303 e. The first-order valence-corrected chi connectivity index (χ1v) is 12.2. The molecule has 192 valence electrons. The van der Waals surface area contributed by atoms with E-state index in [4.69, 9.17) is 19.5 Å². The SMILES string of the molecule is Cc1oc(-c2ccccc2)nc1CCOc1ccc(CCC(=O)O)c(CNC(=O)c2cccc(C#N)c2)c1. The summed E-state index contributed by atoms with van der Waals surface area (Å²) in [6.45, 7) is 2.42. The average molecular weight is 510 g/mol. The molecule has 1 amide bonds. The number of nitrogens with one attached hydrogen (secondary N) is 1. The van der Waals surface area contributed by atoms with E-state index in [2.05, 4.69) is 10.3 Å². The predicted molar refractivity (Wildman–Crippen MR) is 141 cm³/mol. The molecular formula is C30H27N3O5. The van der Waals surface area contributed by atoms with Gasteiger partial charge in [0, 0.05) is 30.5 Å². The summed E-state index contributed by atoms with van der Waals surface area (Å²) < 4.78 is 11.8. The third-order valence-corrected chi connectivity index (χ3v) is 6.00. The molecule has 0 saturated heterocycles. The van der Waals surface area contributed by atoms with Crippen LogP contribution >= 0.6 is 0 Å². The fraction of sp³-hybridized carbons (Fsp3) is 0.200. The Balaban J connectivity index is 1.42. The van der Waals surface area contributed by atoms with Crippen LogP contribution in [0.15, 0.2) is 77.2 Å². The first kappa shape index (κ1) is 26.2. The second-order valence-corrected chi connectivity index (χ2v) is 8.69. The molecule has 0 unspecified atom stereocenters. The minimum absolute atomic E-state index is 0.0272. The fourth-order valence-corrected chi connectivity index (χ4v) is 3.98. The summed E-state index contributed by atoms with van der Waals surface area (Å²) >= 11 is 0. The summed E-state index contributed by atoms with van der Waals surface area (Å²) in [5.41, 5.74) is 4.07. The van der Waals surface area contributed by atoms with Gasteiger partial charge in [-0.3, -0.25) is 9.59 Å². The predicted octanol–water partition coefficient (Wildman–Crippen LogP) is 5.09. The summed E-state index contributed by atoms with van der Waals surface area (Å²) in [6.07, 6.45) is 0.843. The molecule has 2 N–H and O–H groups in total. The number of aryl methyl sites for hydroxylation is 2. The molecule has 0 saturated carbocycles. The largest absolute Gasteiger partial charge is 0.493 e. The Labute approximate surface area is 220 Å². The minimum Gasteiger partial charge on any atom is -0.493 e. The zero-order valence-electron chi connectivity index (χ0n) is 20.9. The molecule has 1 aromatic heterocycles. The number of hydrogen-bond acceptors (Lipinski definition) is 6. The molecule has 0 aliphatic heterocycles. The minimum atomic E-state index is -0.897. The molecule has 8 heteroatoms. The number of nitrogens with zero attached hydrogens (tertiary/aromatic N) is 2. The van der Waals surface area contributed by atoms with Gasteiger partial charge in [-0.15, -0.1) is 0 Å². The van der Waals surface area contributed by atoms with Crippen molar-refractivity contribution >= 4 is 11.9 Å². The summed E-state index contributed by atoms with van der Waals surface area (Å²) in [7, 11) is 0. The van der Waals surface area contributed by atoms with E-state index < -0.39 is 5.97 Å². The number of ether oxygens (including phenoxy) is 1. The number of oxazole rings is 1. The van der Waals surface area contributed by atoms with E-state index in [1.54, 1.807) is 24.3 Å². The third kappa shape index (κ3) is 6.86. The van der Waals surface area contributed by atoms with E-state index in [9.17, 15) is 9.59 Å². The van der Waals surface area contributed by atoms with Gasteiger partial charge in [0.15, 0.2) is 0 Å². The van der Waals surface area contributed by atoms with E-state index in [1.807, 2.05) is 55.5 Å². The number of amides is 1. The monoisotopic (exact) mass is 509 g/mol. The number of nitriles is 1. The highest BCUT2D eigenvalue weighted by Crippen LogP contribution is 2.23. The number of aliphatic carboxylic acids is 1. The highest BCUT2D eigenvalue weighted by atomic mass is 16.5. The van der Waals surface area contributed by atoms with E-state index in [1.165, 1.54) is 6.07 Å². The van der Waals surface area contributed by atoms with Crippen LogP contribution in [0.3, 0.4) is 0 Å². The summed E-state index contributed by atoms with van der Waals surface area (Å²) in [5, 5.41) is 21.1. The number of rotatable bonds is 11. The molecule has 0 radical (unpaired) electrons. The number of hydrogen-bond donors (Lipinski definition) is 2. The van der Waals surface area contributed by atoms with Crippen molar-refractivity contribution in [1.29, 1.82) is 5.26 Å². The topological polar surface area (TPSA) is 125 Å². The van der Waals surface area contributed by atoms with Crippen molar-refractivity contribution < 1.29 is 23.8 Å². The standard InChI is InChI=1S/C30H27N3O5/c1-20-27(33-30(38-20)23-7-3-2-4-8-23)14-15-37-26-12-10-22(11-13-28(34)35)25(17-26)19-32-29(36)24-9-5-6-21(16-24)18-31/h2-10,12,16-17H,11,13-15,19H2,1H3,(H,32,36)(H,34,35). The number of benzene rings is 3. The lowest BCUT2D eigenvalue weighted by molar-refractivity contribution is -0.136. The van der Waals surface area contributed by atoms with Crippen LogP contribution in [0, 0.1) is 18.3 Å². The second-order valence-electron chi connectivity index (χ2n) is 8.69. The number of carbonyl (C=O) groups is 2. The molecule has 4 rings (SSSR count). The quantitative estimate of drug-likeness (QED) is 0.288. The number of carboxylic acids is 1. The van der Waals surface area contributed by atoms with Gasteiger partial charge in [0.2, 0.25) is 5.89 Å². The zero-order chi connectivity index (χ0) is 26.9. The molecule has 0 aliphatic carbocycles. The Morgan fingerprint density at radius 3 is 2.61 bits per heavy atom. The van der Waals surface area contributed by atoms with Crippen molar-refractivity contribution in [1.82, 2.24) is 10.3 Å². The van der Waals surface area contributed by atoms with E-state index in [-0.39, 0.29) is 18.9 Å². The maximum atomic E-state index is 12.7. The van der Waals surface area contributed by atoms with Gasteiger partial charge in [0.1, 0.15) is 11.5 Å². The molecule has 0 spiro atoms. The van der Waals surface area contributed by atoms with Crippen molar-refractivity contribution in [2.75, 3.05) is 6.61 Å². The molecule has 3 aromatic carbocycles. The number of carboxylic acid groups (broad SMARTS) is 1. The van der Waals surface area contributed by atoms with Crippen LogP contribution in [0.5, 0.6) is 5.75 Å². The number of carbonyl (C=O) groups excluding carboxylic acids is 1. The Bertz CT molecular complexity index is 1470. The van der Waals surface area contributed by atoms with Crippen molar-refractivity contribution in [3.05, 3.63) is 107 Å². The van der Waals surface area contributed by atoms with Crippen molar-refractivity contribution in [2.24, 2.45) is 0 Å². The van der Waals surface area contributed by atoms with Crippen LogP contribution < -0.4 is 10.1 Å². The van der Waals surface area contributed by atoms with Crippen LogP contribution in [-0.2, 0) is 24.2 Å². The van der Waals surface area contributed by atoms with Crippen LogP contribution in [0.1, 0.15) is 44.9 Å². The lowest BCUT2D eigenvalue weighted by Gasteiger charge is -2.13. The van der Waals surface area contributed by atoms with E-state index in [0.29, 0.717) is 42.2 Å². The Morgan fingerprint density at radius 1 is 1.03 bits per heavy atom. The normalized spacial score (nSPS) is 10.5. The van der Waals surface area contributed by atoms with E-state index in [0.717, 1.165) is 28.1 Å². The third-order valence-electron chi connectivity index (χ3n) is 6.00. The van der Waals surface area contributed by atoms with Crippen LogP contribution in [0.25, 0.3) is 11.5 Å². The van der Waals surface area contributed by atoms with Gasteiger partial charge in [-0.25, -0.2) is 4.98 Å². The van der Waals surface area contributed by atoms with Gasteiger partial charge in [0.25, 0.3) is 5.91 Å². The fourth-order valence-electron chi connectivity index (χ4n) is 3.98. The summed E-state index contributed by atoms with van der Waals surface area (Å²) in [5.74, 6) is 0.684. The molecule has 0 aliphatic rings. The average Bonchev–Trinajstić information content (AvgIpc) is 3.31. The first-order valence-electron chi connectivity index (χ1n) is 12.2. The Kier molecular flexibility index (Phi) is 8.52. The van der Waals surface area contributed by atoms with Crippen LogP contribution in [-0.4, -0.2) is 28.6 Å². The van der Waals surface area contributed by atoms with Gasteiger partial charge >= 0.3 is 5.97 Å². The molecule has 38 heavy (non-hydrogen) atoms. The summed E-state index contributed by atoms with van der Waals surface area (Å²) in [4.78, 5) is 28.4. The first-order chi connectivity index (χ1) is 18.4. The van der Waals surface area contributed by atoms with Crippen molar-refractivity contribution in [3.8, 4) is 23.3 Å². The molecule has 4 aromatic rings. The highest BCUT2D eigenvalue weighted by molar-refractivity contribution is 5.94. The van der Waals surface area contributed by atoms with Gasteiger partial charge in [-0.1, -0.05) is 30.3 Å². The molecule has 0 fully saturated rings. The Hall–Kier alpha value is -4.90. The van der Waals surface area contributed by atoms with Crippen LogP contribution in [0.2, 0.25) is 0 Å². The maximum Gasteiger partial charge on any atom is 0.303 e. The molecular weight excluding hydrogens is 482 g/mol. The number of aromatic nitrogens is 1. The maximum absolute atomic E-state index is 12.7. The molecule has 0 bridgehead atoms. The molecule has 8 nitrogen and oxygen atoms in total. The second kappa shape index (κ2) is 12.4. The van der Waals surface area contributed by atoms with Gasteiger partial charge in [-0.2, -0.15) is 5.26 Å². The zero-order valence-corrected chi connectivity index (χ0v) is 20.9. The van der Waals surface area contributed by atoms with Gasteiger partial charge < -0.3 is 19.6 Å². The lowest BCUT2D eigenvalue weighted by atomic mass is 10.0. The van der Waals surface area contributed by atoms with Gasteiger partial charge in [-0.05, 0) is 66.9 Å². The van der Waals surface area contributed by atoms with Crippen LogP contribution in [0.4, 0.5) is 0 Å². The lowest BCUT2D eigenvalue weighted by Crippen LogP contribution is -2.23.